The predicted molar refractivity (Wildman–Crippen MR) is 147 cm³/mol. The molecule has 4 nitrogen and oxygen atoms in total. The lowest BCUT2D eigenvalue weighted by molar-refractivity contribution is -0.137. The summed E-state index contributed by atoms with van der Waals surface area (Å²) in [6, 6.07) is 0. The normalized spacial score (nSPS) is 10.9. The number of hydrogen-bond acceptors (Lipinski definition) is 3. The topological polar surface area (TPSA) is 75.3 Å². The van der Waals surface area contributed by atoms with E-state index in [1.807, 2.05) is 0 Å². The Morgan fingerprint density at radius 3 is 1.24 bits per heavy atom. The molecule has 0 rings (SSSR count). The van der Waals surface area contributed by atoms with Crippen molar-refractivity contribution in [1.82, 2.24) is 5.43 Å². The minimum absolute atomic E-state index is 0.346. The van der Waals surface area contributed by atoms with Crippen LogP contribution in [0.4, 0.5) is 0 Å². The van der Waals surface area contributed by atoms with Crippen molar-refractivity contribution in [2.75, 3.05) is 6.54 Å². The van der Waals surface area contributed by atoms with Crippen molar-refractivity contribution >= 4 is 5.97 Å². The molecule has 0 radical (unpaired) electrons. The number of nitrogens with two attached hydrogens (primary N) is 1. The van der Waals surface area contributed by atoms with Gasteiger partial charge in [0.05, 0.1) is 0 Å². The van der Waals surface area contributed by atoms with Crippen molar-refractivity contribution in [3.05, 3.63) is 0 Å². The zero-order valence-electron chi connectivity index (χ0n) is 23.0. The molecule has 0 unspecified atom stereocenters. The first-order valence-electron chi connectivity index (χ1n) is 14.8. The molecule has 0 saturated carbocycles. The van der Waals surface area contributed by atoms with Gasteiger partial charge in [0.2, 0.25) is 0 Å². The van der Waals surface area contributed by atoms with E-state index in [1.165, 1.54) is 128 Å². The Kier molecular flexibility index (Phi) is 32.9. The number of carbonyl (C=O) groups is 1. The molecule has 0 aliphatic rings. The fourth-order valence-electron chi connectivity index (χ4n) is 4.34. The lowest BCUT2D eigenvalue weighted by Crippen LogP contribution is -2.24. The summed E-state index contributed by atoms with van der Waals surface area (Å²) < 4.78 is 0. The molecule has 4 N–H and O–H groups in total. The summed E-state index contributed by atoms with van der Waals surface area (Å²) >= 11 is 0. The molecule has 4 heteroatoms. The van der Waals surface area contributed by atoms with E-state index >= 15 is 0 Å². The average Bonchev–Trinajstić information content (AvgIpc) is 2.81. The Balaban J connectivity index is 0. The van der Waals surface area contributed by atoms with E-state index in [0.717, 1.165) is 25.3 Å². The molecule has 200 valence electrons. The van der Waals surface area contributed by atoms with E-state index in [2.05, 4.69) is 26.2 Å². The predicted octanol–water partition coefficient (Wildman–Crippen LogP) is 9.17. The maximum Gasteiger partial charge on any atom is 0.303 e. The second kappa shape index (κ2) is 31.4. The molecule has 0 amide bonds. The first kappa shape index (κ1) is 34.6. The van der Waals surface area contributed by atoms with Crippen LogP contribution in [0.15, 0.2) is 0 Å². The fourth-order valence-corrected chi connectivity index (χ4v) is 4.34. The first-order chi connectivity index (χ1) is 16.1. The maximum atomic E-state index is 10.4. The van der Waals surface area contributed by atoms with Crippen molar-refractivity contribution in [2.24, 2.45) is 11.8 Å². The standard InChI is InChI=1S/C22H44O2.C7H18N2/c1-2-3-4-5-6-7-8-9-10-11-12-13-14-15-16-17-18-19-20-21-22(23)24;1-3-7(4-2)5-6-9-8/h2-21H2,1H3,(H,23,24);7,9H,3-6,8H2,1-2H3. The number of hydrazine groups is 1. The summed E-state index contributed by atoms with van der Waals surface area (Å²) in [6.07, 6.45) is 29.9. The summed E-state index contributed by atoms with van der Waals surface area (Å²) in [7, 11) is 0. The van der Waals surface area contributed by atoms with Crippen molar-refractivity contribution in [2.45, 2.75) is 168 Å². The number of unbranched alkanes of at least 4 members (excludes halogenated alkanes) is 18. The van der Waals surface area contributed by atoms with Gasteiger partial charge in [-0.25, -0.2) is 0 Å². The molecular weight excluding hydrogens is 408 g/mol. The van der Waals surface area contributed by atoms with Gasteiger partial charge in [-0.1, -0.05) is 149 Å². The molecule has 0 atom stereocenters. The van der Waals surface area contributed by atoms with E-state index in [4.69, 9.17) is 10.9 Å². The number of hydrogen-bond donors (Lipinski definition) is 3. The molecule has 0 aliphatic heterocycles. The molecule has 0 spiro atoms. The van der Waals surface area contributed by atoms with Crippen LogP contribution >= 0.6 is 0 Å². The first-order valence-corrected chi connectivity index (χ1v) is 14.8. The van der Waals surface area contributed by atoms with Gasteiger partial charge in [-0.15, -0.1) is 0 Å². The molecular formula is C29H62N2O2. The van der Waals surface area contributed by atoms with Gasteiger partial charge in [-0.05, 0) is 18.8 Å². The van der Waals surface area contributed by atoms with Gasteiger partial charge in [0.1, 0.15) is 0 Å². The minimum Gasteiger partial charge on any atom is -0.481 e. The van der Waals surface area contributed by atoms with E-state index < -0.39 is 5.97 Å². The Labute approximate surface area is 208 Å². The molecule has 0 aromatic rings. The van der Waals surface area contributed by atoms with Crippen LogP contribution < -0.4 is 11.3 Å². The highest BCUT2D eigenvalue weighted by molar-refractivity contribution is 5.66. The van der Waals surface area contributed by atoms with Crippen LogP contribution in [0, 0.1) is 5.92 Å². The molecule has 0 saturated heterocycles. The highest BCUT2D eigenvalue weighted by Crippen LogP contribution is 2.15. The lowest BCUT2D eigenvalue weighted by atomic mass is 10.00. The molecule has 0 fully saturated rings. The molecule has 0 aliphatic carbocycles. The zero-order valence-corrected chi connectivity index (χ0v) is 23.0. The third kappa shape index (κ3) is 33.6. The SMILES string of the molecule is CCC(CC)CCNN.CCCCCCCCCCCCCCCCCCCCCC(=O)O. The second-order valence-corrected chi connectivity index (χ2v) is 9.93. The Bertz CT molecular complexity index is 360. The van der Waals surface area contributed by atoms with Gasteiger partial charge in [0.25, 0.3) is 0 Å². The monoisotopic (exact) mass is 470 g/mol. The van der Waals surface area contributed by atoms with Gasteiger partial charge in [-0.2, -0.15) is 0 Å². The molecule has 0 bridgehead atoms. The highest BCUT2D eigenvalue weighted by atomic mass is 16.4. The maximum absolute atomic E-state index is 10.4. The smallest absolute Gasteiger partial charge is 0.303 e. The fraction of sp³-hybridized carbons (Fsp3) is 0.966. The largest absolute Gasteiger partial charge is 0.481 e. The number of aliphatic carboxylic acids is 1. The molecule has 0 heterocycles. The van der Waals surface area contributed by atoms with Crippen LogP contribution in [0.1, 0.15) is 168 Å². The van der Waals surface area contributed by atoms with Gasteiger partial charge < -0.3 is 5.11 Å². The Morgan fingerprint density at radius 1 is 0.636 bits per heavy atom. The Hall–Kier alpha value is -0.610. The minimum atomic E-state index is -0.651. The van der Waals surface area contributed by atoms with Crippen LogP contribution in [-0.2, 0) is 4.79 Å². The lowest BCUT2D eigenvalue weighted by Gasteiger charge is -2.09. The van der Waals surface area contributed by atoms with Gasteiger partial charge >= 0.3 is 5.97 Å². The van der Waals surface area contributed by atoms with E-state index in [-0.39, 0.29) is 0 Å². The third-order valence-electron chi connectivity index (χ3n) is 6.85. The van der Waals surface area contributed by atoms with Crippen molar-refractivity contribution in [1.29, 1.82) is 0 Å². The highest BCUT2D eigenvalue weighted by Gasteiger charge is 2.00. The summed E-state index contributed by atoms with van der Waals surface area (Å²) in [5, 5.41) is 8.56. The van der Waals surface area contributed by atoms with Crippen molar-refractivity contribution in [3.63, 3.8) is 0 Å². The van der Waals surface area contributed by atoms with Gasteiger partial charge in [0.15, 0.2) is 0 Å². The Morgan fingerprint density at radius 2 is 0.970 bits per heavy atom. The van der Waals surface area contributed by atoms with Crippen molar-refractivity contribution < 1.29 is 9.90 Å². The molecule has 0 aromatic carbocycles. The van der Waals surface area contributed by atoms with E-state index in [9.17, 15) is 4.79 Å². The number of rotatable bonds is 25. The summed E-state index contributed by atoms with van der Waals surface area (Å²) in [4.78, 5) is 10.4. The number of carboxylic acid groups (broad SMARTS) is 1. The van der Waals surface area contributed by atoms with Crippen LogP contribution in [0.5, 0.6) is 0 Å². The average molecular weight is 471 g/mol. The third-order valence-corrected chi connectivity index (χ3v) is 6.85. The summed E-state index contributed by atoms with van der Waals surface area (Å²) in [5.74, 6) is 5.35. The second-order valence-electron chi connectivity index (χ2n) is 9.93. The molecule has 33 heavy (non-hydrogen) atoms. The number of nitrogens with one attached hydrogen (secondary N) is 1. The van der Waals surface area contributed by atoms with E-state index in [1.54, 1.807) is 0 Å². The summed E-state index contributed by atoms with van der Waals surface area (Å²) in [6.45, 7) is 7.69. The zero-order chi connectivity index (χ0) is 24.8. The van der Waals surface area contributed by atoms with Gasteiger partial charge in [0, 0.05) is 13.0 Å². The van der Waals surface area contributed by atoms with E-state index in [0.29, 0.717) is 6.42 Å². The van der Waals surface area contributed by atoms with Crippen LogP contribution in [-0.4, -0.2) is 17.6 Å². The molecule has 0 aromatic heterocycles. The van der Waals surface area contributed by atoms with Crippen molar-refractivity contribution in [3.8, 4) is 0 Å². The van der Waals surface area contributed by atoms with Crippen LogP contribution in [0.25, 0.3) is 0 Å². The van der Waals surface area contributed by atoms with Crippen LogP contribution in [0.3, 0.4) is 0 Å². The van der Waals surface area contributed by atoms with Gasteiger partial charge in [-0.3, -0.25) is 16.1 Å². The summed E-state index contributed by atoms with van der Waals surface area (Å²) in [5.41, 5.74) is 2.67. The van der Waals surface area contributed by atoms with Crippen LogP contribution in [0.2, 0.25) is 0 Å². The quantitative estimate of drug-likeness (QED) is 0.0706. The number of carboxylic acids is 1.